The van der Waals surface area contributed by atoms with Crippen molar-refractivity contribution >= 4 is 46.2 Å². The molecule has 1 heterocycles. The first-order valence-corrected chi connectivity index (χ1v) is 9.90. The molecule has 0 aliphatic carbocycles. The van der Waals surface area contributed by atoms with Gasteiger partial charge in [0.1, 0.15) is 0 Å². The van der Waals surface area contributed by atoms with Crippen LogP contribution < -0.4 is 9.80 Å². The number of imide groups is 1. The first kappa shape index (κ1) is 20.6. The second-order valence-electron chi connectivity index (χ2n) is 7.03. The van der Waals surface area contributed by atoms with Crippen LogP contribution in [0, 0.1) is 10.1 Å². The van der Waals surface area contributed by atoms with Gasteiger partial charge in [-0.2, -0.15) is 0 Å². The van der Waals surface area contributed by atoms with Gasteiger partial charge in [-0.1, -0.05) is 19.9 Å². The molecule has 0 N–H and O–H groups in total. The summed E-state index contributed by atoms with van der Waals surface area (Å²) in [5.74, 6) is -0.805. The molecule has 2 amide bonds. The maximum atomic E-state index is 13.3. The molecule has 0 bridgehead atoms. The van der Waals surface area contributed by atoms with Crippen molar-refractivity contribution in [2.24, 2.45) is 0 Å². The van der Waals surface area contributed by atoms with Crippen molar-refractivity contribution in [2.45, 2.75) is 19.1 Å². The van der Waals surface area contributed by atoms with E-state index in [1.54, 1.807) is 18.2 Å². The molecule has 29 heavy (non-hydrogen) atoms. The molecule has 2 aromatic rings. The summed E-state index contributed by atoms with van der Waals surface area (Å²) in [6.07, 6.45) is 0. The van der Waals surface area contributed by atoms with Gasteiger partial charge in [0.15, 0.2) is 0 Å². The first-order valence-electron chi connectivity index (χ1n) is 9.02. The second kappa shape index (κ2) is 8.08. The molecule has 0 saturated heterocycles. The van der Waals surface area contributed by atoms with Gasteiger partial charge in [-0.3, -0.25) is 19.7 Å². The molecule has 8 heteroatoms. The summed E-state index contributed by atoms with van der Waals surface area (Å²) in [7, 11) is 3.76. The maximum Gasteiger partial charge on any atom is 0.272 e. The summed E-state index contributed by atoms with van der Waals surface area (Å²) in [6, 6.07) is 12.9. The Morgan fingerprint density at radius 1 is 1.03 bits per heavy atom. The van der Waals surface area contributed by atoms with Crippen molar-refractivity contribution in [3.05, 3.63) is 69.1 Å². The number of non-ortho nitro benzene ring substituents is 1. The third-order valence-corrected chi connectivity index (χ3v) is 5.45. The minimum Gasteiger partial charge on any atom is -0.378 e. The molecule has 0 saturated carbocycles. The predicted octanol–water partition coefficient (Wildman–Crippen LogP) is 4.09. The maximum absolute atomic E-state index is 13.3. The van der Waals surface area contributed by atoms with Crippen LogP contribution in [-0.2, 0) is 9.59 Å². The average molecular weight is 411 g/mol. The highest BCUT2D eigenvalue weighted by Gasteiger charge is 2.40. The molecule has 2 aromatic carbocycles. The van der Waals surface area contributed by atoms with Crippen molar-refractivity contribution < 1.29 is 14.5 Å². The summed E-state index contributed by atoms with van der Waals surface area (Å²) in [5.41, 5.74) is 2.05. The Hall–Kier alpha value is -3.13. The van der Waals surface area contributed by atoms with Crippen LogP contribution in [0.2, 0.25) is 0 Å². The Morgan fingerprint density at radius 2 is 1.69 bits per heavy atom. The van der Waals surface area contributed by atoms with Crippen molar-refractivity contribution in [1.29, 1.82) is 0 Å². The predicted molar refractivity (Wildman–Crippen MR) is 116 cm³/mol. The van der Waals surface area contributed by atoms with E-state index in [4.69, 9.17) is 0 Å². The molecule has 0 atom stereocenters. The van der Waals surface area contributed by atoms with E-state index >= 15 is 0 Å². The fraction of sp³-hybridized carbons (Fsp3) is 0.238. The smallest absolute Gasteiger partial charge is 0.272 e. The summed E-state index contributed by atoms with van der Waals surface area (Å²) in [4.78, 5) is 40.4. The zero-order valence-electron chi connectivity index (χ0n) is 16.6. The molecular weight excluding hydrogens is 390 g/mol. The number of anilines is 2. The van der Waals surface area contributed by atoms with Gasteiger partial charge < -0.3 is 4.90 Å². The zero-order valence-corrected chi connectivity index (χ0v) is 17.4. The molecule has 3 rings (SSSR count). The molecule has 0 unspecified atom stereocenters. The van der Waals surface area contributed by atoms with Crippen LogP contribution in [0.25, 0.3) is 5.57 Å². The van der Waals surface area contributed by atoms with Crippen LogP contribution in [0.4, 0.5) is 17.1 Å². The van der Waals surface area contributed by atoms with Gasteiger partial charge in [0, 0.05) is 37.2 Å². The molecule has 7 nitrogen and oxygen atoms in total. The average Bonchev–Trinajstić information content (AvgIpc) is 2.91. The van der Waals surface area contributed by atoms with Crippen LogP contribution >= 0.6 is 11.8 Å². The van der Waals surface area contributed by atoms with Gasteiger partial charge >= 0.3 is 0 Å². The second-order valence-corrected chi connectivity index (χ2v) is 8.62. The summed E-state index contributed by atoms with van der Waals surface area (Å²) in [6.45, 7) is 3.89. The van der Waals surface area contributed by atoms with Crippen molar-refractivity contribution in [3.8, 4) is 0 Å². The molecule has 0 radical (unpaired) electrons. The number of hydrogen-bond acceptors (Lipinski definition) is 6. The third-order valence-electron chi connectivity index (χ3n) is 4.37. The number of nitro benzene ring substituents is 1. The standard InChI is InChI=1S/C21H21N3O4S/c1-13(2)29-19-18(14-8-10-15(11-9-14)24(27)28)20(25)23(21(19)26)17-7-5-6-16(12-17)22(3)4/h5-13H,1-4H3. The molecular formula is C21H21N3O4S. The fourth-order valence-electron chi connectivity index (χ4n) is 3.00. The highest BCUT2D eigenvalue weighted by atomic mass is 32.2. The lowest BCUT2D eigenvalue weighted by Gasteiger charge is -2.19. The summed E-state index contributed by atoms with van der Waals surface area (Å²) in [5, 5.41) is 11.0. The molecule has 0 aromatic heterocycles. The summed E-state index contributed by atoms with van der Waals surface area (Å²) >= 11 is 1.32. The Morgan fingerprint density at radius 3 is 2.24 bits per heavy atom. The zero-order chi connectivity index (χ0) is 21.3. The number of carbonyl (C=O) groups excluding carboxylic acids is 2. The number of nitro groups is 1. The van der Waals surface area contributed by atoms with Gasteiger partial charge in [-0.15, -0.1) is 11.8 Å². The Bertz CT molecular complexity index is 1010. The van der Waals surface area contributed by atoms with Crippen LogP contribution in [0.15, 0.2) is 53.4 Å². The van der Waals surface area contributed by atoms with Gasteiger partial charge in [0.2, 0.25) is 0 Å². The van der Waals surface area contributed by atoms with E-state index in [1.165, 1.54) is 40.9 Å². The summed E-state index contributed by atoms with van der Waals surface area (Å²) < 4.78 is 0. The Balaban J connectivity index is 2.08. The largest absolute Gasteiger partial charge is 0.378 e. The van der Waals surface area contributed by atoms with E-state index < -0.39 is 10.8 Å². The third kappa shape index (κ3) is 4.02. The molecule has 150 valence electrons. The number of hydrogen-bond donors (Lipinski definition) is 0. The Labute approximate surface area is 173 Å². The number of benzene rings is 2. The monoisotopic (exact) mass is 411 g/mol. The first-order chi connectivity index (χ1) is 13.7. The van der Waals surface area contributed by atoms with Crippen LogP contribution in [-0.4, -0.2) is 36.1 Å². The topological polar surface area (TPSA) is 83.8 Å². The van der Waals surface area contributed by atoms with Crippen LogP contribution in [0.3, 0.4) is 0 Å². The molecule has 1 aliphatic heterocycles. The van der Waals surface area contributed by atoms with E-state index in [2.05, 4.69) is 0 Å². The van der Waals surface area contributed by atoms with Crippen LogP contribution in [0.1, 0.15) is 19.4 Å². The lowest BCUT2D eigenvalue weighted by molar-refractivity contribution is -0.384. The molecule has 0 spiro atoms. The van der Waals surface area contributed by atoms with Crippen molar-refractivity contribution in [2.75, 3.05) is 23.9 Å². The highest BCUT2D eigenvalue weighted by Crippen LogP contribution is 2.40. The molecule has 0 fully saturated rings. The number of thioether (sulfide) groups is 1. The number of rotatable bonds is 6. The van der Waals surface area contributed by atoms with Gasteiger partial charge in [0.25, 0.3) is 17.5 Å². The van der Waals surface area contributed by atoms with Crippen molar-refractivity contribution in [1.82, 2.24) is 0 Å². The highest BCUT2D eigenvalue weighted by molar-refractivity contribution is 8.04. The van der Waals surface area contributed by atoms with Gasteiger partial charge in [-0.25, -0.2) is 4.90 Å². The Kier molecular flexibility index (Phi) is 5.74. The van der Waals surface area contributed by atoms with E-state index in [9.17, 15) is 19.7 Å². The van der Waals surface area contributed by atoms with E-state index in [0.29, 0.717) is 16.2 Å². The van der Waals surface area contributed by atoms with E-state index in [0.717, 1.165) is 5.69 Å². The number of amides is 2. The van der Waals surface area contributed by atoms with E-state index in [-0.39, 0.29) is 22.4 Å². The van der Waals surface area contributed by atoms with E-state index in [1.807, 2.05) is 38.9 Å². The molecule has 1 aliphatic rings. The number of nitrogens with zero attached hydrogens (tertiary/aromatic N) is 3. The normalized spacial score (nSPS) is 14.2. The van der Waals surface area contributed by atoms with Crippen molar-refractivity contribution in [3.63, 3.8) is 0 Å². The quantitative estimate of drug-likeness (QED) is 0.404. The minimum atomic E-state index is -0.497. The van der Waals surface area contributed by atoms with Gasteiger partial charge in [0.05, 0.1) is 21.1 Å². The van der Waals surface area contributed by atoms with Gasteiger partial charge in [-0.05, 0) is 35.9 Å². The fourth-order valence-corrected chi connectivity index (χ4v) is 3.99. The lowest BCUT2D eigenvalue weighted by Crippen LogP contribution is -2.31. The minimum absolute atomic E-state index is 0.0697. The SMILES string of the molecule is CC(C)SC1=C(c2ccc([N+](=O)[O-])cc2)C(=O)N(c2cccc(N(C)C)c2)C1=O. The van der Waals surface area contributed by atoms with Crippen LogP contribution in [0.5, 0.6) is 0 Å². The lowest BCUT2D eigenvalue weighted by atomic mass is 10.1. The number of carbonyl (C=O) groups is 2.